The van der Waals surface area contributed by atoms with Gasteiger partial charge in [0, 0.05) is 6.61 Å². The molecular weight excluding hydrogens is 308 g/mol. The average molecular weight is 336 g/mol. The van der Waals surface area contributed by atoms with E-state index in [0.29, 0.717) is 12.5 Å². The minimum atomic E-state index is 0.260. The summed E-state index contributed by atoms with van der Waals surface area (Å²) in [6.45, 7) is 5.19. The molecule has 25 heavy (non-hydrogen) atoms. The smallest absolute Gasteiger partial charge is 0.119 e. The van der Waals surface area contributed by atoms with Crippen molar-refractivity contribution in [2.24, 2.45) is 5.92 Å². The van der Waals surface area contributed by atoms with Crippen molar-refractivity contribution in [2.75, 3.05) is 13.2 Å². The number of hydrogen-bond acceptors (Lipinski definition) is 2. The minimum absolute atomic E-state index is 0.260. The molecule has 132 valence electrons. The van der Waals surface area contributed by atoms with Gasteiger partial charge in [-0.2, -0.15) is 0 Å². The summed E-state index contributed by atoms with van der Waals surface area (Å²) in [5.74, 6) is 1.27. The number of ether oxygens (including phenoxy) is 1. The van der Waals surface area contributed by atoms with Crippen LogP contribution in [0.25, 0.3) is 5.57 Å². The van der Waals surface area contributed by atoms with E-state index in [-0.39, 0.29) is 6.61 Å². The largest absolute Gasteiger partial charge is 0.489 e. The Bertz CT molecular complexity index is 728. The van der Waals surface area contributed by atoms with Crippen LogP contribution < -0.4 is 4.74 Å². The first kappa shape index (κ1) is 17.8. The lowest BCUT2D eigenvalue weighted by Gasteiger charge is -2.27. The monoisotopic (exact) mass is 336 g/mol. The van der Waals surface area contributed by atoms with E-state index in [1.165, 1.54) is 27.8 Å². The fourth-order valence-electron chi connectivity index (χ4n) is 3.63. The van der Waals surface area contributed by atoms with Gasteiger partial charge in [-0.3, -0.25) is 0 Å². The van der Waals surface area contributed by atoms with Gasteiger partial charge in [0.05, 0.1) is 0 Å². The summed E-state index contributed by atoms with van der Waals surface area (Å²) in [7, 11) is 0. The molecule has 0 saturated heterocycles. The van der Waals surface area contributed by atoms with Crippen LogP contribution in [0.1, 0.15) is 42.9 Å². The zero-order valence-electron chi connectivity index (χ0n) is 15.3. The van der Waals surface area contributed by atoms with Crippen molar-refractivity contribution >= 4 is 5.57 Å². The number of aryl methyl sites for hydroxylation is 2. The van der Waals surface area contributed by atoms with E-state index in [0.717, 1.165) is 31.4 Å². The molecule has 0 fully saturated rings. The van der Waals surface area contributed by atoms with E-state index in [9.17, 15) is 5.11 Å². The fraction of sp³-hybridized carbons (Fsp3) is 0.391. The standard InChI is InChI=1S/C23H28O2/c1-3-18-8-11-21(12-9-18)25-16-20-14-19(15-24)10-13-23(20)22-7-5-4-6-17(22)2/h4-9,11-12,19,24H,3,10,13-16H2,1-2H3. The average Bonchev–Trinajstić information content (AvgIpc) is 2.67. The summed E-state index contributed by atoms with van der Waals surface area (Å²) >= 11 is 0. The molecule has 2 aromatic rings. The first-order valence-electron chi connectivity index (χ1n) is 9.30. The van der Waals surface area contributed by atoms with Crippen molar-refractivity contribution in [2.45, 2.75) is 39.5 Å². The molecule has 0 aromatic heterocycles. The van der Waals surface area contributed by atoms with Crippen LogP contribution in [0.15, 0.2) is 54.1 Å². The second-order valence-electron chi connectivity index (χ2n) is 6.97. The Morgan fingerprint density at radius 3 is 2.52 bits per heavy atom. The zero-order valence-corrected chi connectivity index (χ0v) is 15.3. The highest BCUT2D eigenvalue weighted by Crippen LogP contribution is 2.36. The summed E-state index contributed by atoms with van der Waals surface area (Å²) in [6, 6.07) is 16.9. The number of benzene rings is 2. The van der Waals surface area contributed by atoms with Gasteiger partial charge in [0.25, 0.3) is 0 Å². The highest BCUT2D eigenvalue weighted by Gasteiger charge is 2.22. The van der Waals surface area contributed by atoms with E-state index >= 15 is 0 Å². The van der Waals surface area contributed by atoms with Gasteiger partial charge in [0.2, 0.25) is 0 Å². The lowest BCUT2D eigenvalue weighted by atomic mass is 9.81. The summed E-state index contributed by atoms with van der Waals surface area (Å²) in [5.41, 5.74) is 6.71. The van der Waals surface area contributed by atoms with E-state index in [4.69, 9.17) is 4.74 Å². The molecule has 3 rings (SSSR count). The maximum atomic E-state index is 9.60. The van der Waals surface area contributed by atoms with Gasteiger partial charge < -0.3 is 9.84 Å². The number of hydrogen-bond donors (Lipinski definition) is 1. The molecule has 1 aliphatic carbocycles. The van der Waals surface area contributed by atoms with Crippen LogP contribution in [0.4, 0.5) is 0 Å². The zero-order chi connectivity index (χ0) is 17.6. The molecule has 2 nitrogen and oxygen atoms in total. The predicted molar refractivity (Wildman–Crippen MR) is 104 cm³/mol. The Balaban J connectivity index is 1.82. The van der Waals surface area contributed by atoms with Crippen molar-refractivity contribution in [3.05, 3.63) is 70.8 Å². The normalized spacial score (nSPS) is 17.6. The van der Waals surface area contributed by atoms with Crippen LogP contribution in [0.2, 0.25) is 0 Å². The highest BCUT2D eigenvalue weighted by atomic mass is 16.5. The van der Waals surface area contributed by atoms with E-state index in [2.05, 4.69) is 62.4 Å². The van der Waals surface area contributed by atoms with Crippen LogP contribution in [0.5, 0.6) is 5.75 Å². The molecule has 0 aliphatic heterocycles. The van der Waals surface area contributed by atoms with Crippen LogP contribution >= 0.6 is 0 Å². The number of allylic oxidation sites excluding steroid dienone is 1. The lowest BCUT2D eigenvalue weighted by molar-refractivity contribution is 0.211. The predicted octanol–water partition coefficient (Wildman–Crippen LogP) is 5.18. The maximum Gasteiger partial charge on any atom is 0.119 e. The molecule has 0 spiro atoms. The number of aliphatic hydroxyl groups excluding tert-OH is 1. The van der Waals surface area contributed by atoms with Crippen LogP contribution in [-0.4, -0.2) is 18.3 Å². The van der Waals surface area contributed by atoms with Gasteiger partial charge in [0.1, 0.15) is 12.4 Å². The first-order valence-corrected chi connectivity index (χ1v) is 9.30. The molecule has 0 bridgehead atoms. The van der Waals surface area contributed by atoms with Gasteiger partial charge in [-0.05, 0) is 78.5 Å². The molecule has 1 N–H and O–H groups in total. The Morgan fingerprint density at radius 2 is 1.84 bits per heavy atom. The van der Waals surface area contributed by atoms with E-state index < -0.39 is 0 Å². The third kappa shape index (κ3) is 4.32. The molecule has 0 saturated carbocycles. The molecule has 1 atom stereocenters. The van der Waals surface area contributed by atoms with Crippen LogP contribution in [0, 0.1) is 12.8 Å². The SMILES string of the molecule is CCc1ccc(OCC2=C(c3ccccc3C)CCC(CO)C2)cc1. The van der Waals surface area contributed by atoms with Crippen LogP contribution in [0.3, 0.4) is 0 Å². The van der Waals surface area contributed by atoms with Crippen molar-refractivity contribution in [3.63, 3.8) is 0 Å². The topological polar surface area (TPSA) is 29.5 Å². The summed E-state index contributed by atoms with van der Waals surface area (Å²) in [6.07, 6.45) is 4.03. The van der Waals surface area contributed by atoms with Crippen molar-refractivity contribution < 1.29 is 9.84 Å². The van der Waals surface area contributed by atoms with Gasteiger partial charge in [-0.1, -0.05) is 43.3 Å². The third-order valence-electron chi connectivity index (χ3n) is 5.24. The van der Waals surface area contributed by atoms with Crippen LogP contribution in [-0.2, 0) is 6.42 Å². The fourth-order valence-corrected chi connectivity index (χ4v) is 3.63. The number of aliphatic hydroxyl groups is 1. The Hall–Kier alpha value is -2.06. The molecule has 0 heterocycles. The molecule has 2 heteroatoms. The Labute approximate surface area is 151 Å². The Kier molecular flexibility index (Phi) is 5.93. The Morgan fingerprint density at radius 1 is 1.08 bits per heavy atom. The molecule has 1 unspecified atom stereocenters. The third-order valence-corrected chi connectivity index (χ3v) is 5.24. The first-order chi connectivity index (χ1) is 12.2. The maximum absolute atomic E-state index is 9.60. The summed E-state index contributed by atoms with van der Waals surface area (Å²) in [5, 5.41) is 9.60. The van der Waals surface area contributed by atoms with Crippen molar-refractivity contribution in [1.82, 2.24) is 0 Å². The highest BCUT2D eigenvalue weighted by molar-refractivity contribution is 5.72. The van der Waals surface area contributed by atoms with Crippen molar-refractivity contribution in [1.29, 1.82) is 0 Å². The van der Waals surface area contributed by atoms with E-state index in [1.54, 1.807) is 0 Å². The minimum Gasteiger partial charge on any atom is -0.489 e. The molecular formula is C23H28O2. The molecule has 1 aliphatic rings. The molecule has 2 aromatic carbocycles. The summed E-state index contributed by atoms with van der Waals surface area (Å²) in [4.78, 5) is 0. The summed E-state index contributed by atoms with van der Waals surface area (Å²) < 4.78 is 6.09. The quantitative estimate of drug-likeness (QED) is 0.787. The second kappa shape index (κ2) is 8.35. The second-order valence-corrected chi connectivity index (χ2v) is 6.97. The lowest BCUT2D eigenvalue weighted by Crippen LogP contribution is -2.17. The van der Waals surface area contributed by atoms with Gasteiger partial charge in [0.15, 0.2) is 0 Å². The van der Waals surface area contributed by atoms with Gasteiger partial charge in [-0.15, -0.1) is 0 Å². The van der Waals surface area contributed by atoms with Crippen molar-refractivity contribution in [3.8, 4) is 5.75 Å². The van der Waals surface area contributed by atoms with Gasteiger partial charge >= 0.3 is 0 Å². The number of rotatable bonds is 6. The molecule has 0 radical (unpaired) electrons. The van der Waals surface area contributed by atoms with E-state index in [1.807, 2.05) is 0 Å². The van der Waals surface area contributed by atoms with Gasteiger partial charge in [-0.25, -0.2) is 0 Å². The molecule has 0 amide bonds.